The quantitative estimate of drug-likeness (QED) is 0.786. The molecule has 0 aromatic heterocycles. The van der Waals surface area contributed by atoms with Crippen LogP contribution in [0.15, 0.2) is 18.2 Å². The standard InChI is InChI=1S/C17H23NO4/c1-21-16-9-14(11-19)7-8-15(16)22-12-17(20)18-10-13-5-3-2-4-6-13/h7-9,11,13H,2-6,10,12H2,1H3,(H,18,20). The molecule has 0 heterocycles. The maximum Gasteiger partial charge on any atom is 0.257 e. The summed E-state index contributed by atoms with van der Waals surface area (Å²) in [5.41, 5.74) is 0.506. The molecule has 0 aliphatic heterocycles. The number of hydrogen-bond acceptors (Lipinski definition) is 4. The van der Waals surface area contributed by atoms with Crippen LogP contribution in [-0.2, 0) is 4.79 Å². The maximum absolute atomic E-state index is 11.8. The van der Waals surface area contributed by atoms with Crippen LogP contribution in [-0.4, -0.2) is 32.5 Å². The first-order valence-corrected chi connectivity index (χ1v) is 7.75. The minimum Gasteiger partial charge on any atom is -0.493 e. The second kappa shape index (κ2) is 8.41. The highest BCUT2D eigenvalue weighted by atomic mass is 16.5. The first kappa shape index (κ1) is 16.3. The molecule has 1 aliphatic rings. The SMILES string of the molecule is COc1cc(C=O)ccc1OCC(=O)NCC1CCCCC1. The Morgan fingerprint density at radius 2 is 2.05 bits per heavy atom. The lowest BCUT2D eigenvalue weighted by molar-refractivity contribution is -0.123. The number of carbonyl (C=O) groups is 2. The largest absolute Gasteiger partial charge is 0.493 e. The van der Waals surface area contributed by atoms with Crippen LogP contribution in [0.1, 0.15) is 42.5 Å². The molecule has 2 rings (SSSR count). The van der Waals surface area contributed by atoms with E-state index in [1.165, 1.54) is 39.2 Å². The Kier molecular flexibility index (Phi) is 6.25. The molecule has 0 saturated heterocycles. The molecule has 120 valence electrons. The molecule has 0 unspecified atom stereocenters. The molecule has 1 aliphatic carbocycles. The topological polar surface area (TPSA) is 64.6 Å². The van der Waals surface area contributed by atoms with E-state index < -0.39 is 0 Å². The molecule has 0 spiro atoms. The van der Waals surface area contributed by atoms with Crippen LogP contribution in [0.3, 0.4) is 0 Å². The minimum atomic E-state index is -0.132. The van der Waals surface area contributed by atoms with Gasteiger partial charge in [0.2, 0.25) is 0 Å². The summed E-state index contributed by atoms with van der Waals surface area (Å²) in [5.74, 6) is 1.37. The average molecular weight is 305 g/mol. The lowest BCUT2D eigenvalue weighted by atomic mass is 9.89. The van der Waals surface area contributed by atoms with Gasteiger partial charge in [0, 0.05) is 12.1 Å². The predicted octanol–water partition coefficient (Wildman–Crippen LogP) is 2.58. The van der Waals surface area contributed by atoms with Gasteiger partial charge in [0.25, 0.3) is 5.91 Å². The fourth-order valence-corrected chi connectivity index (χ4v) is 2.72. The van der Waals surface area contributed by atoms with Gasteiger partial charge >= 0.3 is 0 Å². The molecule has 0 radical (unpaired) electrons. The second-order valence-electron chi connectivity index (χ2n) is 5.62. The molecule has 0 atom stereocenters. The van der Waals surface area contributed by atoms with E-state index in [1.54, 1.807) is 18.2 Å². The lowest BCUT2D eigenvalue weighted by Crippen LogP contribution is -2.33. The summed E-state index contributed by atoms with van der Waals surface area (Å²) >= 11 is 0. The normalized spacial score (nSPS) is 15.1. The Morgan fingerprint density at radius 3 is 2.73 bits per heavy atom. The number of amides is 1. The third-order valence-corrected chi connectivity index (χ3v) is 4.00. The van der Waals surface area contributed by atoms with Gasteiger partial charge in [-0.05, 0) is 37.0 Å². The first-order chi connectivity index (χ1) is 10.7. The predicted molar refractivity (Wildman–Crippen MR) is 83.5 cm³/mol. The summed E-state index contributed by atoms with van der Waals surface area (Å²) in [5, 5.41) is 2.92. The van der Waals surface area contributed by atoms with Gasteiger partial charge in [-0.3, -0.25) is 9.59 Å². The van der Waals surface area contributed by atoms with Crippen LogP contribution in [0.4, 0.5) is 0 Å². The molecule has 1 aromatic carbocycles. The highest BCUT2D eigenvalue weighted by Gasteiger charge is 2.15. The molecule has 22 heavy (non-hydrogen) atoms. The van der Waals surface area contributed by atoms with Gasteiger partial charge in [0.05, 0.1) is 7.11 Å². The summed E-state index contributed by atoms with van der Waals surface area (Å²) in [7, 11) is 1.50. The van der Waals surface area contributed by atoms with Gasteiger partial charge in [-0.25, -0.2) is 0 Å². The summed E-state index contributed by atoms with van der Waals surface area (Å²) < 4.78 is 10.6. The Labute approximate surface area is 131 Å². The van der Waals surface area contributed by atoms with Gasteiger partial charge in [-0.1, -0.05) is 19.3 Å². The zero-order valence-electron chi connectivity index (χ0n) is 13.0. The fourth-order valence-electron chi connectivity index (χ4n) is 2.72. The molecule has 1 saturated carbocycles. The van der Waals surface area contributed by atoms with E-state index in [0.717, 1.165) is 12.8 Å². The van der Waals surface area contributed by atoms with E-state index in [0.29, 0.717) is 23.0 Å². The molecule has 1 fully saturated rings. The van der Waals surface area contributed by atoms with Crippen molar-refractivity contribution >= 4 is 12.2 Å². The zero-order chi connectivity index (χ0) is 15.8. The number of benzene rings is 1. The lowest BCUT2D eigenvalue weighted by Gasteiger charge is -2.21. The second-order valence-corrected chi connectivity index (χ2v) is 5.62. The fraction of sp³-hybridized carbons (Fsp3) is 0.529. The number of carbonyl (C=O) groups excluding carboxylic acids is 2. The van der Waals surface area contributed by atoms with Crippen LogP contribution in [0.5, 0.6) is 11.5 Å². The van der Waals surface area contributed by atoms with E-state index in [1.807, 2.05) is 0 Å². The number of ether oxygens (including phenoxy) is 2. The van der Waals surface area contributed by atoms with Gasteiger partial charge in [-0.15, -0.1) is 0 Å². The Hall–Kier alpha value is -2.04. The Morgan fingerprint density at radius 1 is 1.27 bits per heavy atom. The third-order valence-electron chi connectivity index (χ3n) is 4.00. The highest BCUT2D eigenvalue weighted by Crippen LogP contribution is 2.27. The van der Waals surface area contributed by atoms with Crippen molar-refractivity contribution in [2.24, 2.45) is 5.92 Å². The van der Waals surface area contributed by atoms with Crippen molar-refractivity contribution in [1.29, 1.82) is 0 Å². The van der Waals surface area contributed by atoms with Crippen molar-refractivity contribution in [3.63, 3.8) is 0 Å². The molecular weight excluding hydrogens is 282 g/mol. The molecule has 1 N–H and O–H groups in total. The van der Waals surface area contributed by atoms with Gasteiger partial charge < -0.3 is 14.8 Å². The van der Waals surface area contributed by atoms with Crippen LogP contribution in [0.2, 0.25) is 0 Å². The van der Waals surface area contributed by atoms with E-state index >= 15 is 0 Å². The minimum absolute atomic E-state index is 0.0521. The molecule has 5 heteroatoms. The summed E-state index contributed by atoms with van der Waals surface area (Å²) in [6.45, 7) is 0.674. The maximum atomic E-state index is 11.8. The van der Waals surface area contributed by atoms with Crippen LogP contribution < -0.4 is 14.8 Å². The number of rotatable bonds is 7. The van der Waals surface area contributed by atoms with Crippen molar-refractivity contribution < 1.29 is 19.1 Å². The molecule has 5 nitrogen and oxygen atoms in total. The van der Waals surface area contributed by atoms with Gasteiger partial charge in [0.15, 0.2) is 18.1 Å². The number of methoxy groups -OCH3 is 1. The van der Waals surface area contributed by atoms with Crippen molar-refractivity contribution in [3.8, 4) is 11.5 Å². The average Bonchev–Trinajstić information content (AvgIpc) is 2.58. The monoisotopic (exact) mass is 305 g/mol. The van der Waals surface area contributed by atoms with Gasteiger partial charge in [-0.2, -0.15) is 0 Å². The van der Waals surface area contributed by atoms with Crippen LogP contribution >= 0.6 is 0 Å². The molecular formula is C17H23NO4. The van der Waals surface area contributed by atoms with E-state index in [4.69, 9.17) is 9.47 Å². The van der Waals surface area contributed by atoms with Crippen molar-refractivity contribution in [2.75, 3.05) is 20.3 Å². The summed E-state index contributed by atoms with van der Waals surface area (Å²) in [6, 6.07) is 4.85. The molecule has 0 bridgehead atoms. The number of aldehydes is 1. The molecule has 1 amide bonds. The van der Waals surface area contributed by atoms with E-state index in [9.17, 15) is 9.59 Å². The molecule has 1 aromatic rings. The summed E-state index contributed by atoms with van der Waals surface area (Å²) in [6.07, 6.45) is 6.96. The van der Waals surface area contributed by atoms with Gasteiger partial charge in [0.1, 0.15) is 6.29 Å². The van der Waals surface area contributed by atoms with Crippen molar-refractivity contribution in [2.45, 2.75) is 32.1 Å². The van der Waals surface area contributed by atoms with Crippen molar-refractivity contribution in [3.05, 3.63) is 23.8 Å². The Bertz CT molecular complexity index is 509. The van der Waals surface area contributed by atoms with E-state index in [-0.39, 0.29) is 12.5 Å². The highest BCUT2D eigenvalue weighted by molar-refractivity contribution is 5.78. The zero-order valence-corrected chi connectivity index (χ0v) is 13.0. The first-order valence-electron chi connectivity index (χ1n) is 7.75. The number of hydrogen-bond donors (Lipinski definition) is 1. The van der Waals surface area contributed by atoms with E-state index in [2.05, 4.69) is 5.32 Å². The smallest absolute Gasteiger partial charge is 0.257 e. The number of nitrogens with one attached hydrogen (secondary N) is 1. The third kappa shape index (κ3) is 4.76. The van der Waals surface area contributed by atoms with Crippen LogP contribution in [0.25, 0.3) is 0 Å². The summed E-state index contributed by atoms with van der Waals surface area (Å²) in [4.78, 5) is 22.6. The van der Waals surface area contributed by atoms with Crippen molar-refractivity contribution in [1.82, 2.24) is 5.32 Å². The Balaban J connectivity index is 1.79. The van der Waals surface area contributed by atoms with Crippen LogP contribution in [0, 0.1) is 5.92 Å².